The molecule has 0 amide bonds. The van der Waals surface area contributed by atoms with Crippen molar-refractivity contribution in [3.63, 3.8) is 0 Å². The number of fused-ring (bicyclic) bond motifs is 4. The molecule has 0 aliphatic heterocycles. The van der Waals surface area contributed by atoms with Crippen LogP contribution >= 0.6 is 0 Å². The molecule has 1 aromatic heterocycles. The van der Waals surface area contributed by atoms with Gasteiger partial charge in [-0.25, -0.2) is 0 Å². The molecule has 282 valence electrons. The summed E-state index contributed by atoms with van der Waals surface area (Å²) in [5.74, 6) is 0. The second kappa shape index (κ2) is 15.1. The Bertz CT molecular complexity index is 3240. The number of rotatable bonds is 8. The van der Waals surface area contributed by atoms with Gasteiger partial charge in [0.05, 0.1) is 16.7 Å². The van der Waals surface area contributed by atoms with E-state index in [1.165, 1.54) is 71.5 Å². The summed E-state index contributed by atoms with van der Waals surface area (Å²) in [5, 5.41) is 4.98. The topological polar surface area (TPSA) is 8.17 Å². The van der Waals surface area contributed by atoms with E-state index >= 15 is 0 Å². The maximum Gasteiger partial charge on any atom is 0.0541 e. The molecule has 0 radical (unpaired) electrons. The third-order valence-corrected chi connectivity index (χ3v) is 11.8. The van der Waals surface area contributed by atoms with Gasteiger partial charge >= 0.3 is 0 Å². The first kappa shape index (κ1) is 35.2. The molecular formula is C58H40N2. The van der Waals surface area contributed by atoms with E-state index in [1.807, 2.05) is 0 Å². The van der Waals surface area contributed by atoms with Crippen molar-refractivity contribution in [1.29, 1.82) is 0 Å². The Balaban J connectivity index is 1.06. The lowest BCUT2D eigenvalue weighted by molar-refractivity contribution is 1.18. The number of hydrogen-bond acceptors (Lipinski definition) is 1. The molecule has 0 bridgehead atoms. The molecule has 1 heterocycles. The molecule has 10 aromatic carbocycles. The number of anilines is 3. The van der Waals surface area contributed by atoms with Crippen molar-refractivity contribution in [2.45, 2.75) is 0 Å². The van der Waals surface area contributed by atoms with Crippen molar-refractivity contribution in [2.24, 2.45) is 0 Å². The smallest absolute Gasteiger partial charge is 0.0541 e. The highest BCUT2D eigenvalue weighted by molar-refractivity contribution is 6.09. The second-order valence-corrected chi connectivity index (χ2v) is 15.3. The van der Waals surface area contributed by atoms with Crippen LogP contribution in [0.3, 0.4) is 0 Å². The number of para-hydroxylation sites is 3. The third kappa shape index (κ3) is 6.32. The van der Waals surface area contributed by atoms with Gasteiger partial charge in [0.15, 0.2) is 0 Å². The van der Waals surface area contributed by atoms with Gasteiger partial charge in [0.1, 0.15) is 0 Å². The first-order valence-electron chi connectivity index (χ1n) is 20.6. The van der Waals surface area contributed by atoms with Crippen LogP contribution < -0.4 is 4.90 Å². The Labute approximate surface area is 350 Å². The predicted molar refractivity (Wildman–Crippen MR) is 255 cm³/mol. The van der Waals surface area contributed by atoms with Gasteiger partial charge in [0.2, 0.25) is 0 Å². The van der Waals surface area contributed by atoms with Crippen molar-refractivity contribution in [2.75, 3.05) is 4.90 Å². The average molecular weight is 765 g/mol. The summed E-state index contributed by atoms with van der Waals surface area (Å²) < 4.78 is 2.41. The number of nitrogens with zero attached hydrogens (tertiary/aromatic N) is 2. The molecule has 60 heavy (non-hydrogen) atoms. The van der Waals surface area contributed by atoms with Gasteiger partial charge in [-0.3, -0.25) is 0 Å². The Morgan fingerprint density at radius 3 is 1.43 bits per heavy atom. The molecular weight excluding hydrogens is 725 g/mol. The molecule has 11 aromatic rings. The first-order valence-corrected chi connectivity index (χ1v) is 20.6. The van der Waals surface area contributed by atoms with Crippen LogP contribution in [0.4, 0.5) is 17.1 Å². The second-order valence-electron chi connectivity index (χ2n) is 15.3. The lowest BCUT2D eigenvalue weighted by Gasteiger charge is -2.27. The van der Waals surface area contributed by atoms with Gasteiger partial charge in [-0.05, 0) is 110 Å². The SMILES string of the molecule is c1ccc(-c2ccc(N(c3ccc(-c4ccccc4-n4c5ccccc5c5ccccc54)cc3)c3ccc(-c4ccccc4)c(-c4ccc5ccccc5c4)c3)cc2)cc1. The van der Waals surface area contributed by atoms with Crippen LogP contribution in [0.2, 0.25) is 0 Å². The summed E-state index contributed by atoms with van der Waals surface area (Å²) in [7, 11) is 0. The molecule has 0 atom stereocenters. The van der Waals surface area contributed by atoms with Crippen LogP contribution in [-0.4, -0.2) is 4.57 Å². The van der Waals surface area contributed by atoms with Gasteiger partial charge in [0.25, 0.3) is 0 Å². The standard InChI is InChI=1S/C58H40N2/c1-3-15-41(16-4-1)43-29-33-48(34-30-43)59(50-37-38-51(44-18-5-2-6-19-44)55(40-50)47-28-27-42-17-7-8-20-46(42)39-47)49-35-31-45(32-36-49)52-21-9-12-24-56(52)60-57-25-13-10-22-53(57)54-23-11-14-26-58(54)60/h1-40H. The van der Waals surface area contributed by atoms with Gasteiger partial charge in [-0.2, -0.15) is 0 Å². The molecule has 2 nitrogen and oxygen atoms in total. The Morgan fingerprint density at radius 1 is 0.267 bits per heavy atom. The van der Waals surface area contributed by atoms with E-state index in [-0.39, 0.29) is 0 Å². The van der Waals surface area contributed by atoms with Crippen molar-refractivity contribution in [3.8, 4) is 50.2 Å². The van der Waals surface area contributed by atoms with Crippen molar-refractivity contribution >= 4 is 49.6 Å². The maximum absolute atomic E-state index is 2.41. The lowest BCUT2D eigenvalue weighted by atomic mass is 9.92. The molecule has 0 aliphatic carbocycles. The third-order valence-electron chi connectivity index (χ3n) is 11.8. The quantitative estimate of drug-likeness (QED) is 0.150. The summed E-state index contributed by atoms with van der Waals surface area (Å²) in [6.45, 7) is 0. The molecule has 0 saturated carbocycles. The minimum Gasteiger partial charge on any atom is -0.310 e. The summed E-state index contributed by atoms with van der Waals surface area (Å²) in [6.07, 6.45) is 0. The van der Waals surface area contributed by atoms with E-state index in [2.05, 4.69) is 252 Å². The van der Waals surface area contributed by atoms with Gasteiger partial charge < -0.3 is 9.47 Å². The first-order chi connectivity index (χ1) is 29.8. The number of aromatic nitrogens is 1. The summed E-state index contributed by atoms with van der Waals surface area (Å²) in [4.78, 5) is 2.39. The fraction of sp³-hybridized carbons (Fsp3) is 0. The monoisotopic (exact) mass is 764 g/mol. The molecule has 0 saturated heterocycles. The Hall–Kier alpha value is -7.94. The van der Waals surface area contributed by atoms with Crippen LogP contribution in [0.1, 0.15) is 0 Å². The number of hydrogen-bond donors (Lipinski definition) is 0. The molecule has 0 unspecified atom stereocenters. The Morgan fingerprint density at radius 2 is 0.750 bits per heavy atom. The molecule has 0 N–H and O–H groups in total. The number of benzene rings is 10. The van der Waals surface area contributed by atoms with Gasteiger partial charge in [0, 0.05) is 33.4 Å². The summed E-state index contributed by atoms with van der Waals surface area (Å²) in [5.41, 5.74) is 16.3. The molecule has 2 heteroatoms. The average Bonchev–Trinajstić information content (AvgIpc) is 3.67. The van der Waals surface area contributed by atoms with E-state index < -0.39 is 0 Å². The zero-order valence-electron chi connectivity index (χ0n) is 33.0. The highest BCUT2D eigenvalue weighted by Gasteiger charge is 2.19. The minimum atomic E-state index is 1.08. The fourth-order valence-electron chi connectivity index (χ4n) is 8.90. The maximum atomic E-state index is 2.41. The van der Waals surface area contributed by atoms with E-state index in [9.17, 15) is 0 Å². The van der Waals surface area contributed by atoms with Gasteiger partial charge in [-0.1, -0.05) is 182 Å². The van der Waals surface area contributed by atoms with E-state index in [0.29, 0.717) is 0 Å². The Kier molecular flexibility index (Phi) is 8.87. The normalized spacial score (nSPS) is 11.3. The summed E-state index contributed by atoms with van der Waals surface area (Å²) in [6, 6.07) is 87.9. The predicted octanol–water partition coefficient (Wildman–Crippen LogP) is 16.1. The minimum absolute atomic E-state index is 1.08. The van der Waals surface area contributed by atoms with Crippen LogP contribution in [0.15, 0.2) is 243 Å². The fourth-order valence-corrected chi connectivity index (χ4v) is 8.90. The lowest BCUT2D eigenvalue weighted by Crippen LogP contribution is -2.10. The van der Waals surface area contributed by atoms with Crippen molar-refractivity contribution in [1.82, 2.24) is 4.57 Å². The van der Waals surface area contributed by atoms with Crippen LogP contribution in [-0.2, 0) is 0 Å². The molecule has 0 fully saturated rings. The van der Waals surface area contributed by atoms with Crippen molar-refractivity contribution < 1.29 is 0 Å². The van der Waals surface area contributed by atoms with Crippen LogP contribution in [0, 0.1) is 0 Å². The van der Waals surface area contributed by atoms with E-state index in [1.54, 1.807) is 0 Å². The van der Waals surface area contributed by atoms with Crippen LogP contribution in [0.25, 0.3) is 82.8 Å². The molecule has 0 spiro atoms. The van der Waals surface area contributed by atoms with E-state index in [0.717, 1.165) is 28.3 Å². The van der Waals surface area contributed by atoms with Gasteiger partial charge in [-0.15, -0.1) is 0 Å². The highest BCUT2D eigenvalue weighted by Crippen LogP contribution is 2.43. The highest BCUT2D eigenvalue weighted by atomic mass is 15.1. The zero-order chi connectivity index (χ0) is 39.8. The van der Waals surface area contributed by atoms with E-state index in [4.69, 9.17) is 0 Å². The molecule has 11 rings (SSSR count). The molecule has 0 aliphatic rings. The zero-order valence-corrected chi connectivity index (χ0v) is 33.0. The summed E-state index contributed by atoms with van der Waals surface area (Å²) >= 11 is 0. The van der Waals surface area contributed by atoms with Crippen molar-refractivity contribution in [3.05, 3.63) is 243 Å². The largest absolute Gasteiger partial charge is 0.310 e. The van der Waals surface area contributed by atoms with Crippen LogP contribution in [0.5, 0.6) is 0 Å².